The number of carbonyl (C=O) groups is 1. The fourth-order valence-electron chi connectivity index (χ4n) is 0.822. The monoisotopic (exact) mass is 166 g/mol. The van der Waals surface area contributed by atoms with Crippen LogP contribution in [-0.4, -0.2) is 13.5 Å². The molecule has 0 bridgehead atoms. The van der Waals surface area contributed by atoms with Crippen molar-refractivity contribution in [1.82, 2.24) is 5.59 Å². The summed E-state index contributed by atoms with van der Waals surface area (Å²) in [5, 5.41) is 1.24. The number of nitrogens with zero attached hydrogens (tertiary/aromatic N) is 1. The molecule has 4 heteroatoms. The third-order valence-corrected chi connectivity index (χ3v) is 1.33. The zero-order valence-electron chi connectivity index (χ0n) is 6.73. The van der Waals surface area contributed by atoms with E-state index in [2.05, 4.69) is 10.4 Å². The highest BCUT2D eigenvalue weighted by molar-refractivity contribution is 5.73. The molecule has 0 heterocycles. The van der Waals surface area contributed by atoms with Crippen molar-refractivity contribution < 1.29 is 9.63 Å². The molecule has 0 aliphatic carbocycles. The molecule has 0 aliphatic heterocycles. The van der Waals surface area contributed by atoms with Gasteiger partial charge in [-0.2, -0.15) is 0 Å². The van der Waals surface area contributed by atoms with Crippen molar-refractivity contribution in [1.29, 1.82) is 0 Å². The van der Waals surface area contributed by atoms with E-state index in [1.165, 1.54) is 12.1 Å². The van der Waals surface area contributed by atoms with Gasteiger partial charge in [0.25, 0.3) is 0 Å². The van der Waals surface area contributed by atoms with E-state index in [-0.39, 0.29) is 0 Å². The van der Waals surface area contributed by atoms with E-state index in [4.69, 9.17) is 0 Å². The van der Waals surface area contributed by atoms with E-state index >= 15 is 0 Å². The molecule has 64 valence electrons. The molecule has 1 rings (SSSR count). The van der Waals surface area contributed by atoms with Crippen molar-refractivity contribution in [2.75, 3.05) is 12.1 Å². The van der Waals surface area contributed by atoms with Crippen LogP contribution in [0.4, 0.5) is 5.69 Å². The Morgan fingerprint density at radius 1 is 1.42 bits per heavy atom. The first-order valence-corrected chi connectivity index (χ1v) is 3.46. The third-order valence-electron chi connectivity index (χ3n) is 1.33. The minimum absolute atomic E-state index is 0.638. The number of para-hydroxylation sites is 1. The van der Waals surface area contributed by atoms with Crippen LogP contribution in [-0.2, 0) is 9.63 Å². The second-order valence-electron chi connectivity index (χ2n) is 2.11. The average Bonchev–Trinajstić information content (AvgIpc) is 2.15. The average molecular weight is 166 g/mol. The van der Waals surface area contributed by atoms with E-state index < -0.39 is 0 Å². The molecular weight excluding hydrogens is 156 g/mol. The number of hydrogen-bond donors (Lipinski definition) is 1. The Hall–Kier alpha value is -1.39. The number of rotatable bonds is 4. The molecule has 4 nitrogen and oxygen atoms in total. The summed E-state index contributed by atoms with van der Waals surface area (Å²) in [5.74, 6) is 0. The van der Waals surface area contributed by atoms with Gasteiger partial charge in [-0.3, -0.25) is 9.63 Å². The molecule has 1 amide bonds. The van der Waals surface area contributed by atoms with Crippen molar-refractivity contribution in [2.24, 2.45) is 0 Å². The summed E-state index contributed by atoms with van der Waals surface area (Å²) in [6, 6.07) is 9.13. The normalized spacial score (nSPS) is 9.42. The van der Waals surface area contributed by atoms with Gasteiger partial charge in [-0.15, -0.1) is 5.59 Å². The summed E-state index contributed by atoms with van der Waals surface area (Å²) in [7, 11) is 1.44. The van der Waals surface area contributed by atoms with Crippen LogP contribution in [0.3, 0.4) is 0 Å². The lowest BCUT2D eigenvalue weighted by Gasteiger charge is -2.15. The number of nitrogens with one attached hydrogen (secondary N) is 1. The molecule has 1 aromatic rings. The molecule has 0 aliphatic rings. The van der Waals surface area contributed by atoms with Gasteiger partial charge in [0.1, 0.15) is 0 Å². The standard InChI is InChI=1S/C8H10N2O2/c1-12-9-10(7-11)8-5-3-2-4-6-8/h2-7,9H,1H3. The molecule has 0 fully saturated rings. The van der Waals surface area contributed by atoms with Crippen LogP contribution in [0.5, 0.6) is 0 Å². The lowest BCUT2D eigenvalue weighted by molar-refractivity contribution is -0.110. The quantitative estimate of drug-likeness (QED) is 0.529. The fraction of sp³-hybridized carbons (Fsp3) is 0.125. The predicted molar refractivity (Wildman–Crippen MR) is 45.1 cm³/mol. The number of carbonyl (C=O) groups excluding carboxylic acids is 1. The molecule has 12 heavy (non-hydrogen) atoms. The van der Waals surface area contributed by atoms with E-state index in [1.54, 1.807) is 12.1 Å². The first kappa shape index (κ1) is 8.70. The number of amides is 1. The van der Waals surface area contributed by atoms with Gasteiger partial charge in [-0.1, -0.05) is 18.2 Å². The Morgan fingerprint density at radius 2 is 2.08 bits per heavy atom. The topological polar surface area (TPSA) is 41.6 Å². The van der Waals surface area contributed by atoms with Gasteiger partial charge in [-0.25, -0.2) is 5.01 Å². The van der Waals surface area contributed by atoms with Crippen LogP contribution in [0.2, 0.25) is 0 Å². The number of hydrazine groups is 1. The summed E-state index contributed by atoms with van der Waals surface area (Å²) in [6.07, 6.45) is 0.638. The molecular formula is C8H10N2O2. The predicted octanol–water partition coefficient (Wildman–Crippen LogP) is 0.715. The summed E-state index contributed by atoms with van der Waals surface area (Å²) in [6.45, 7) is 0. The second-order valence-corrected chi connectivity index (χ2v) is 2.11. The van der Waals surface area contributed by atoms with Gasteiger partial charge >= 0.3 is 0 Å². The maximum Gasteiger partial charge on any atom is 0.230 e. The molecule has 1 aromatic carbocycles. The van der Waals surface area contributed by atoms with E-state index in [0.717, 1.165) is 5.69 Å². The molecule has 0 saturated carbocycles. The molecule has 0 spiro atoms. The molecule has 0 radical (unpaired) electrons. The highest BCUT2D eigenvalue weighted by Gasteiger charge is 2.00. The summed E-state index contributed by atoms with van der Waals surface area (Å²) in [5.41, 5.74) is 3.14. The smallest absolute Gasteiger partial charge is 0.230 e. The highest BCUT2D eigenvalue weighted by atomic mass is 16.7. The molecule has 0 atom stereocenters. The van der Waals surface area contributed by atoms with Crippen LogP contribution < -0.4 is 10.6 Å². The molecule has 0 saturated heterocycles. The Balaban J connectivity index is 2.73. The Bertz CT molecular complexity index is 238. The van der Waals surface area contributed by atoms with Crippen LogP contribution in [0.25, 0.3) is 0 Å². The largest absolute Gasteiger partial charge is 0.285 e. The van der Waals surface area contributed by atoms with Crippen LogP contribution >= 0.6 is 0 Å². The van der Waals surface area contributed by atoms with Crippen molar-refractivity contribution in [3.8, 4) is 0 Å². The summed E-state index contributed by atoms with van der Waals surface area (Å²) >= 11 is 0. The molecule has 1 N–H and O–H groups in total. The minimum atomic E-state index is 0.638. The second kappa shape index (κ2) is 4.48. The minimum Gasteiger partial charge on any atom is -0.285 e. The fourth-order valence-corrected chi connectivity index (χ4v) is 0.822. The zero-order valence-corrected chi connectivity index (χ0v) is 6.73. The molecule has 0 aromatic heterocycles. The maximum atomic E-state index is 10.5. The highest BCUT2D eigenvalue weighted by Crippen LogP contribution is 2.08. The Kier molecular flexibility index (Phi) is 3.25. The first-order valence-electron chi connectivity index (χ1n) is 3.46. The van der Waals surface area contributed by atoms with E-state index in [0.29, 0.717) is 6.41 Å². The van der Waals surface area contributed by atoms with Gasteiger partial charge in [-0.05, 0) is 12.1 Å². The van der Waals surface area contributed by atoms with Gasteiger partial charge in [0.2, 0.25) is 6.41 Å². The van der Waals surface area contributed by atoms with Gasteiger partial charge in [0.05, 0.1) is 12.8 Å². The van der Waals surface area contributed by atoms with E-state index in [1.807, 2.05) is 18.2 Å². The first-order chi connectivity index (χ1) is 5.88. The lowest BCUT2D eigenvalue weighted by atomic mass is 10.3. The Labute approximate surface area is 70.7 Å². The summed E-state index contributed by atoms with van der Waals surface area (Å²) in [4.78, 5) is 15.1. The number of benzene rings is 1. The van der Waals surface area contributed by atoms with Crippen molar-refractivity contribution in [3.63, 3.8) is 0 Å². The van der Waals surface area contributed by atoms with Crippen LogP contribution in [0, 0.1) is 0 Å². The van der Waals surface area contributed by atoms with Crippen LogP contribution in [0.15, 0.2) is 30.3 Å². The zero-order chi connectivity index (χ0) is 8.81. The van der Waals surface area contributed by atoms with Gasteiger partial charge < -0.3 is 0 Å². The van der Waals surface area contributed by atoms with Crippen LogP contribution in [0.1, 0.15) is 0 Å². The maximum absolute atomic E-state index is 10.5. The van der Waals surface area contributed by atoms with Crippen molar-refractivity contribution in [2.45, 2.75) is 0 Å². The number of anilines is 1. The van der Waals surface area contributed by atoms with Crippen molar-refractivity contribution in [3.05, 3.63) is 30.3 Å². The third kappa shape index (κ3) is 2.05. The van der Waals surface area contributed by atoms with Gasteiger partial charge in [0, 0.05) is 0 Å². The number of hydrogen-bond acceptors (Lipinski definition) is 3. The lowest BCUT2D eigenvalue weighted by Crippen LogP contribution is -2.35. The molecule has 0 unspecified atom stereocenters. The SMILES string of the molecule is CONN(C=O)c1ccccc1. The van der Waals surface area contributed by atoms with Crippen molar-refractivity contribution >= 4 is 12.1 Å². The van der Waals surface area contributed by atoms with E-state index in [9.17, 15) is 4.79 Å². The Morgan fingerprint density at radius 3 is 2.58 bits per heavy atom. The van der Waals surface area contributed by atoms with Gasteiger partial charge in [0.15, 0.2) is 0 Å². The summed E-state index contributed by atoms with van der Waals surface area (Å²) < 4.78 is 0.